The molecule has 1 amide bonds. The highest BCUT2D eigenvalue weighted by atomic mass is 16.5. The van der Waals surface area contributed by atoms with Crippen LogP contribution in [0.25, 0.3) is 0 Å². The molecule has 2 unspecified atom stereocenters. The van der Waals surface area contributed by atoms with Crippen LogP contribution in [0, 0.1) is 0 Å². The number of hydrogen-bond donors (Lipinski definition) is 2. The minimum Gasteiger partial charge on any atom is -0.480 e. The lowest BCUT2D eigenvalue weighted by atomic mass is 10.2. The Morgan fingerprint density at radius 1 is 1.38 bits per heavy atom. The van der Waals surface area contributed by atoms with E-state index in [9.17, 15) is 9.59 Å². The molecule has 2 rings (SSSR count). The van der Waals surface area contributed by atoms with Gasteiger partial charge >= 0.3 is 5.97 Å². The van der Waals surface area contributed by atoms with Crippen LogP contribution in [0.3, 0.4) is 0 Å². The molecule has 2 atom stereocenters. The highest BCUT2D eigenvalue weighted by molar-refractivity contribution is 5.95. The molecule has 7 heteroatoms. The maximum atomic E-state index is 11.7. The maximum Gasteiger partial charge on any atom is 0.322 e. The van der Waals surface area contributed by atoms with Gasteiger partial charge in [-0.3, -0.25) is 9.59 Å². The fraction of sp³-hybridized carbons (Fsp3) is 0.500. The standard InChI is InChI=1S/C14H19N3O4/c1-9-7-17(8-10(2)21-9)12-4-3-11(5-15-12)14(20)16-6-13(18)19/h3-5,9-10H,6-8H2,1-2H3,(H,16,20)(H,18,19). The molecule has 0 saturated carbocycles. The van der Waals surface area contributed by atoms with E-state index in [1.165, 1.54) is 6.20 Å². The number of carbonyl (C=O) groups excluding carboxylic acids is 1. The summed E-state index contributed by atoms with van der Waals surface area (Å²) in [5, 5.41) is 10.8. The highest BCUT2D eigenvalue weighted by Crippen LogP contribution is 2.18. The van der Waals surface area contributed by atoms with Crippen molar-refractivity contribution in [3.8, 4) is 0 Å². The van der Waals surface area contributed by atoms with Crippen LogP contribution in [0.2, 0.25) is 0 Å². The van der Waals surface area contributed by atoms with E-state index in [0.29, 0.717) is 5.56 Å². The molecule has 1 aliphatic heterocycles. The zero-order chi connectivity index (χ0) is 15.4. The number of amides is 1. The second-order valence-corrected chi connectivity index (χ2v) is 5.14. The summed E-state index contributed by atoms with van der Waals surface area (Å²) in [6.07, 6.45) is 1.72. The van der Waals surface area contributed by atoms with Crippen LogP contribution in [-0.2, 0) is 9.53 Å². The van der Waals surface area contributed by atoms with Crippen molar-refractivity contribution in [3.63, 3.8) is 0 Å². The van der Waals surface area contributed by atoms with Crippen LogP contribution in [0.5, 0.6) is 0 Å². The zero-order valence-corrected chi connectivity index (χ0v) is 12.1. The summed E-state index contributed by atoms with van der Waals surface area (Å²) in [7, 11) is 0. The number of aromatic nitrogens is 1. The number of carbonyl (C=O) groups is 2. The Morgan fingerprint density at radius 3 is 2.57 bits per heavy atom. The van der Waals surface area contributed by atoms with Crippen LogP contribution in [-0.4, -0.2) is 53.8 Å². The molecule has 7 nitrogen and oxygen atoms in total. The Morgan fingerprint density at radius 2 is 2.05 bits per heavy atom. The van der Waals surface area contributed by atoms with Crippen molar-refractivity contribution in [1.82, 2.24) is 10.3 Å². The first kappa shape index (κ1) is 15.2. The summed E-state index contributed by atoms with van der Waals surface area (Å²) in [5.41, 5.74) is 0.342. The second-order valence-electron chi connectivity index (χ2n) is 5.14. The quantitative estimate of drug-likeness (QED) is 0.840. The molecule has 1 aromatic heterocycles. The molecule has 1 fully saturated rings. The molecule has 0 aliphatic carbocycles. The van der Waals surface area contributed by atoms with Gasteiger partial charge < -0.3 is 20.1 Å². The third kappa shape index (κ3) is 4.16. The summed E-state index contributed by atoms with van der Waals surface area (Å²) in [5.74, 6) is -0.740. The van der Waals surface area contributed by atoms with E-state index >= 15 is 0 Å². The van der Waals surface area contributed by atoms with Gasteiger partial charge in [-0.15, -0.1) is 0 Å². The normalized spacial score (nSPS) is 21.9. The SMILES string of the molecule is CC1CN(c2ccc(C(=O)NCC(=O)O)cn2)CC(C)O1. The number of pyridine rings is 1. The lowest BCUT2D eigenvalue weighted by molar-refractivity contribution is -0.135. The van der Waals surface area contributed by atoms with Gasteiger partial charge in [-0.05, 0) is 26.0 Å². The van der Waals surface area contributed by atoms with Crippen LogP contribution < -0.4 is 10.2 Å². The number of nitrogens with zero attached hydrogens (tertiary/aromatic N) is 2. The van der Waals surface area contributed by atoms with Gasteiger partial charge in [0.2, 0.25) is 0 Å². The Labute approximate surface area is 122 Å². The molecule has 1 saturated heterocycles. The van der Waals surface area contributed by atoms with Crippen LogP contribution in [0.15, 0.2) is 18.3 Å². The van der Waals surface area contributed by atoms with Crippen LogP contribution in [0.1, 0.15) is 24.2 Å². The van der Waals surface area contributed by atoms with Gasteiger partial charge in [-0.1, -0.05) is 0 Å². The summed E-state index contributed by atoms with van der Waals surface area (Å²) >= 11 is 0. The lowest BCUT2D eigenvalue weighted by Gasteiger charge is -2.36. The molecule has 0 bridgehead atoms. The van der Waals surface area contributed by atoms with Gasteiger partial charge in [0.05, 0.1) is 17.8 Å². The molecule has 114 valence electrons. The van der Waals surface area contributed by atoms with E-state index in [1.54, 1.807) is 12.1 Å². The molecule has 2 heterocycles. The summed E-state index contributed by atoms with van der Waals surface area (Å²) in [4.78, 5) is 28.5. The highest BCUT2D eigenvalue weighted by Gasteiger charge is 2.23. The van der Waals surface area contributed by atoms with E-state index in [4.69, 9.17) is 9.84 Å². The van der Waals surface area contributed by atoms with Crippen molar-refractivity contribution in [1.29, 1.82) is 0 Å². The molecule has 0 aromatic carbocycles. The first-order chi connectivity index (χ1) is 9.95. The molecule has 0 spiro atoms. The van der Waals surface area contributed by atoms with E-state index in [0.717, 1.165) is 18.9 Å². The number of carboxylic acids is 1. The molecular formula is C14H19N3O4. The zero-order valence-electron chi connectivity index (χ0n) is 12.1. The predicted molar refractivity (Wildman–Crippen MR) is 76.4 cm³/mol. The van der Waals surface area contributed by atoms with Crippen molar-refractivity contribution >= 4 is 17.7 Å². The Bertz CT molecular complexity index is 507. The Balaban J connectivity index is 2.01. The molecular weight excluding hydrogens is 274 g/mol. The summed E-state index contributed by atoms with van der Waals surface area (Å²) in [6, 6.07) is 3.41. The third-order valence-corrected chi connectivity index (χ3v) is 3.15. The lowest BCUT2D eigenvalue weighted by Crippen LogP contribution is -2.45. The molecule has 1 aliphatic rings. The fourth-order valence-corrected chi connectivity index (χ4v) is 2.33. The largest absolute Gasteiger partial charge is 0.480 e. The second kappa shape index (κ2) is 6.53. The number of aliphatic carboxylic acids is 1. The monoisotopic (exact) mass is 293 g/mol. The van der Waals surface area contributed by atoms with Crippen molar-refractivity contribution in [3.05, 3.63) is 23.9 Å². The first-order valence-electron chi connectivity index (χ1n) is 6.82. The molecule has 21 heavy (non-hydrogen) atoms. The average molecular weight is 293 g/mol. The average Bonchev–Trinajstić information content (AvgIpc) is 2.44. The molecule has 1 aromatic rings. The van der Waals surface area contributed by atoms with Gasteiger partial charge in [0, 0.05) is 19.3 Å². The minimum absolute atomic E-state index is 0.133. The number of carboxylic acid groups (broad SMARTS) is 1. The van der Waals surface area contributed by atoms with Gasteiger partial charge in [0.1, 0.15) is 12.4 Å². The maximum absolute atomic E-state index is 11.7. The Kier molecular flexibility index (Phi) is 4.74. The van der Waals surface area contributed by atoms with Crippen molar-refractivity contribution in [2.45, 2.75) is 26.1 Å². The molecule has 2 N–H and O–H groups in total. The van der Waals surface area contributed by atoms with Crippen LogP contribution >= 0.6 is 0 Å². The number of hydrogen-bond acceptors (Lipinski definition) is 5. The summed E-state index contributed by atoms with van der Waals surface area (Å²) in [6.45, 7) is 5.12. The topological polar surface area (TPSA) is 91.8 Å². The number of anilines is 1. The molecule has 0 radical (unpaired) electrons. The third-order valence-electron chi connectivity index (χ3n) is 3.15. The van der Waals surface area contributed by atoms with Crippen molar-refractivity contribution in [2.24, 2.45) is 0 Å². The van der Waals surface area contributed by atoms with E-state index in [-0.39, 0.29) is 12.2 Å². The van der Waals surface area contributed by atoms with E-state index in [1.807, 2.05) is 13.8 Å². The number of rotatable bonds is 4. The number of nitrogens with one attached hydrogen (secondary N) is 1. The van der Waals surface area contributed by atoms with Gasteiger partial charge in [-0.2, -0.15) is 0 Å². The van der Waals surface area contributed by atoms with E-state index < -0.39 is 18.4 Å². The van der Waals surface area contributed by atoms with Crippen LogP contribution in [0.4, 0.5) is 5.82 Å². The fourth-order valence-electron chi connectivity index (χ4n) is 2.33. The summed E-state index contributed by atoms with van der Waals surface area (Å²) < 4.78 is 5.67. The van der Waals surface area contributed by atoms with Gasteiger partial charge in [0.15, 0.2) is 0 Å². The minimum atomic E-state index is -1.08. The Hall–Kier alpha value is -2.15. The van der Waals surface area contributed by atoms with Gasteiger partial charge in [-0.25, -0.2) is 4.98 Å². The number of morpholine rings is 1. The first-order valence-corrected chi connectivity index (χ1v) is 6.82. The van der Waals surface area contributed by atoms with E-state index in [2.05, 4.69) is 15.2 Å². The smallest absolute Gasteiger partial charge is 0.322 e. The van der Waals surface area contributed by atoms with Crippen molar-refractivity contribution < 1.29 is 19.4 Å². The predicted octanol–water partition coefficient (Wildman–Crippen LogP) is 0.510. The number of ether oxygens (including phenoxy) is 1. The van der Waals surface area contributed by atoms with Gasteiger partial charge in [0.25, 0.3) is 5.91 Å². The van der Waals surface area contributed by atoms with Crippen molar-refractivity contribution in [2.75, 3.05) is 24.5 Å².